The maximum absolute atomic E-state index is 10.4. The minimum Gasteiger partial charge on any atom is -0.481 e. The fourth-order valence-corrected chi connectivity index (χ4v) is 1.69. The molecule has 0 spiro atoms. The van der Waals surface area contributed by atoms with Crippen molar-refractivity contribution in [2.75, 3.05) is 0 Å². The van der Waals surface area contributed by atoms with Crippen molar-refractivity contribution in [3.8, 4) is 0 Å². The summed E-state index contributed by atoms with van der Waals surface area (Å²) in [6.45, 7) is 3.66. The van der Waals surface area contributed by atoms with Gasteiger partial charge in [-0.25, -0.2) is 0 Å². The molecule has 0 bridgehead atoms. The average Bonchev–Trinajstić information content (AvgIpc) is 2.37. The highest BCUT2D eigenvalue weighted by Gasteiger charge is 2.15. The molecular formula is C10H14O2. The van der Waals surface area contributed by atoms with Crippen molar-refractivity contribution in [2.45, 2.75) is 32.1 Å². The van der Waals surface area contributed by atoms with E-state index in [0.29, 0.717) is 0 Å². The van der Waals surface area contributed by atoms with Crippen LogP contribution in [0.5, 0.6) is 0 Å². The zero-order chi connectivity index (χ0) is 8.97. The second-order valence-electron chi connectivity index (χ2n) is 3.12. The van der Waals surface area contributed by atoms with Gasteiger partial charge in [-0.3, -0.25) is 4.79 Å². The van der Waals surface area contributed by atoms with Crippen molar-refractivity contribution in [1.82, 2.24) is 0 Å². The van der Waals surface area contributed by atoms with Crippen LogP contribution in [-0.2, 0) is 4.79 Å². The summed E-state index contributed by atoms with van der Waals surface area (Å²) in [6, 6.07) is 0. The summed E-state index contributed by atoms with van der Waals surface area (Å²) in [6.07, 6.45) is 6.09. The van der Waals surface area contributed by atoms with Gasteiger partial charge >= 0.3 is 5.97 Å². The van der Waals surface area contributed by atoms with Crippen molar-refractivity contribution in [3.05, 3.63) is 23.8 Å². The highest BCUT2D eigenvalue weighted by atomic mass is 16.4. The van der Waals surface area contributed by atoms with Crippen LogP contribution in [0.15, 0.2) is 23.8 Å². The number of carboxylic acids is 1. The van der Waals surface area contributed by atoms with Crippen LogP contribution in [-0.4, -0.2) is 11.1 Å². The Hall–Kier alpha value is -1.05. The van der Waals surface area contributed by atoms with Crippen molar-refractivity contribution in [3.63, 3.8) is 0 Å². The second kappa shape index (κ2) is 4.10. The lowest BCUT2D eigenvalue weighted by Gasteiger charge is -2.01. The van der Waals surface area contributed by atoms with Crippen LogP contribution in [0.1, 0.15) is 32.1 Å². The number of allylic oxidation sites excluding steroid dienone is 2. The minimum atomic E-state index is -0.714. The third kappa shape index (κ3) is 2.22. The molecule has 0 heterocycles. The van der Waals surface area contributed by atoms with Crippen LogP contribution in [0.2, 0.25) is 0 Å². The predicted octanol–water partition coefficient (Wildman–Crippen LogP) is 2.52. The number of rotatable bonds is 4. The van der Waals surface area contributed by atoms with Crippen LogP contribution < -0.4 is 0 Å². The van der Waals surface area contributed by atoms with Gasteiger partial charge in [-0.1, -0.05) is 17.2 Å². The Morgan fingerprint density at radius 3 is 2.75 bits per heavy atom. The molecule has 2 nitrogen and oxygen atoms in total. The second-order valence-corrected chi connectivity index (χ2v) is 3.12. The van der Waals surface area contributed by atoms with Gasteiger partial charge in [-0.2, -0.15) is 0 Å². The molecule has 0 aromatic carbocycles. The van der Waals surface area contributed by atoms with Crippen molar-refractivity contribution in [1.29, 1.82) is 0 Å². The summed E-state index contributed by atoms with van der Waals surface area (Å²) in [4.78, 5) is 10.4. The highest BCUT2D eigenvalue weighted by Crippen LogP contribution is 2.30. The Balaban J connectivity index is 2.62. The standard InChI is InChI=1S/C10H14O2/c1-2-4-8-5-3-6-9(8)7-10(11)12/h2H,1,3-7H2,(H,11,12). The Morgan fingerprint density at radius 1 is 1.50 bits per heavy atom. The van der Waals surface area contributed by atoms with E-state index < -0.39 is 5.97 Å². The summed E-state index contributed by atoms with van der Waals surface area (Å²) in [7, 11) is 0. The monoisotopic (exact) mass is 166 g/mol. The number of hydrogen-bond acceptors (Lipinski definition) is 1. The van der Waals surface area contributed by atoms with E-state index in [1.165, 1.54) is 5.57 Å². The molecule has 0 unspecified atom stereocenters. The molecule has 0 radical (unpaired) electrons. The topological polar surface area (TPSA) is 37.3 Å². The van der Waals surface area contributed by atoms with Crippen LogP contribution in [0.4, 0.5) is 0 Å². The fraction of sp³-hybridized carbons (Fsp3) is 0.500. The van der Waals surface area contributed by atoms with Gasteiger partial charge in [0.05, 0.1) is 6.42 Å². The first kappa shape index (κ1) is 9.04. The van der Waals surface area contributed by atoms with E-state index >= 15 is 0 Å². The summed E-state index contributed by atoms with van der Waals surface area (Å²) in [5.74, 6) is -0.714. The molecule has 0 fully saturated rings. The van der Waals surface area contributed by atoms with Crippen molar-refractivity contribution in [2.24, 2.45) is 0 Å². The summed E-state index contributed by atoms with van der Waals surface area (Å²) < 4.78 is 0. The van der Waals surface area contributed by atoms with Gasteiger partial charge in [0, 0.05) is 0 Å². The van der Waals surface area contributed by atoms with E-state index in [1.807, 2.05) is 6.08 Å². The first-order chi connectivity index (χ1) is 5.74. The summed E-state index contributed by atoms with van der Waals surface area (Å²) in [5, 5.41) is 8.60. The van der Waals surface area contributed by atoms with Gasteiger partial charge in [0.15, 0.2) is 0 Å². The quantitative estimate of drug-likeness (QED) is 0.651. The molecule has 0 aromatic heterocycles. The molecule has 1 rings (SSSR count). The molecule has 0 aromatic rings. The van der Waals surface area contributed by atoms with E-state index in [2.05, 4.69) is 6.58 Å². The molecular weight excluding hydrogens is 152 g/mol. The van der Waals surface area contributed by atoms with E-state index in [-0.39, 0.29) is 6.42 Å². The molecule has 1 aliphatic rings. The van der Waals surface area contributed by atoms with E-state index in [9.17, 15) is 4.79 Å². The van der Waals surface area contributed by atoms with Gasteiger partial charge in [0.1, 0.15) is 0 Å². The Labute approximate surface area is 72.6 Å². The van der Waals surface area contributed by atoms with Crippen molar-refractivity contribution < 1.29 is 9.90 Å². The lowest BCUT2D eigenvalue weighted by atomic mass is 10.1. The Morgan fingerprint density at radius 2 is 2.17 bits per heavy atom. The van der Waals surface area contributed by atoms with Gasteiger partial charge in [0.2, 0.25) is 0 Å². The number of aliphatic carboxylic acids is 1. The van der Waals surface area contributed by atoms with Crippen molar-refractivity contribution >= 4 is 5.97 Å². The predicted molar refractivity (Wildman–Crippen MR) is 47.9 cm³/mol. The third-order valence-electron chi connectivity index (χ3n) is 2.21. The smallest absolute Gasteiger partial charge is 0.307 e. The van der Waals surface area contributed by atoms with E-state index in [1.54, 1.807) is 0 Å². The maximum Gasteiger partial charge on any atom is 0.307 e. The van der Waals surface area contributed by atoms with Crippen LogP contribution >= 0.6 is 0 Å². The van der Waals surface area contributed by atoms with Gasteiger partial charge in [0.25, 0.3) is 0 Å². The molecule has 66 valence electrons. The first-order valence-corrected chi connectivity index (χ1v) is 4.26. The zero-order valence-corrected chi connectivity index (χ0v) is 7.18. The highest BCUT2D eigenvalue weighted by molar-refractivity contribution is 5.70. The maximum atomic E-state index is 10.4. The van der Waals surface area contributed by atoms with Gasteiger partial charge in [-0.15, -0.1) is 6.58 Å². The minimum absolute atomic E-state index is 0.225. The lowest BCUT2D eigenvalue weighted by molar-refractivity contribution is -0.136. The van der Waals surface area contributed by atoms with Crippen LogP contribution in [0.3, 0.4) is 0 Å². The molecule has 2 heteroatoms. The van der Waals surface area contributed by atoms with E-state index in [0.717, 1.165) is 31.3 Å². The fourth-order valence-electron chi connectivity index (χ4n) is 1.69. The Kier molecular flexibility index (Phi) is 3.09. The first-order valence-electron chi connectivity index (χ1n) is 4.26. The zero-order valence-electron chi connectivity index (χ0n) is 7.18. The number of hydrogen-bond donors (Lipinski definition) is 1. The lowest BCUT2D eigenvalue weighted by Crippen LogP contribution is -1.96. The van der Waals surface area contributed by atoms with Gasteiger partial charge < -0.3 is 5.11 Å². The molecule has 0 saturated heterocycles. The molecule has 1 aliphatic carbocycles. The molecule has 0 amide bonds. The number of carboxylic acid groups (broad SMARTS) is 1. The molecule has 0 aliphatic heterocycles. The Bertz CT molecular complexity index is 226. The summed E-state index contributed by atoms with van der Waals surface area (Å²) >= 11 is 0. The van der Waals surface area contributed by atoms with E-state index in [4.69, 9.17) is 5.11 Å². The normalized spacial score (nSPS) is 16.7. The van der Waals surface area contributed by atoms with Gasteiger partial charge in [-0.05, 0) is 25.7 Å². The van der Waals surface area contributed by atoms with Crippen LogP contribution in [0.25, 0.3) is 0 Å². The SMILES string of the molecule is C=CCC1=C(CC(=O)O)CCC1. The average molecular weight is 166 g/mol. The molecule has 1 N–H and O–H groups in total. The van der Waals surface area contributed by atoms with Crippen LogP contribution in [0, 0.1) is 0 Å². The molecule has 0 saturated carbocycles. The molecule has 0 atom stereocenters. The number of carbonyl (C=O) groups is 1. The third-order valence-corrected chi connectivity index (χ3v) is 2.21. The summed E-state index contributed by atoms with van der Waals surface area (Å²) in [5.41, 5.74) is 2.43. The molecule has 12 heavy (non-hydrogen) atoms. The largest absolute Gasteiger partial charge is 0.481 e.